The van der Waals surface area contributed by atoms with E-state index in [1.165, 1.54) is 12.8 Å². The Morgan fingerprint density at radius 1 is 1.50 bits per heavy atom. The molecule has 0 heterocycles. The van der Waals surface area contributed by atoms with E-state index in [9.17, 15) is 4.79 Å². The van der Waals surface area contributed by atoms with Crippen LogP contribution in [0.25, 0.3) is 0 Å². The lowest BCUT2D eigenvalue weighted by molar-refractivity contribution is 0.111. The predicted octanol–water partition coefficient (Wildman–Crippen LogP) is 3.05. The fourth-order valence-corrected chi connectivity index (χ4v) is 1.75. The van der Waals surface area contributed by atoms with E-state index in [0.717, 1.165) is 17.4 Å². The Labute approximate surface area is 91.4 Å². The molecule has 0 spiro atoms. The van der Waals surface area contributed by atoms with E-state index in [1.54, 1.807) is 6.07 Å². The van der Waals surface area contributed by atoms with Crippen molar-refractivity contribution in [1.29, 1.82) is 0 Å². The van der Waals surface area contributed by atoms with Gasteiger partial charge in [0, 0.05) is 0 Å². The third kappa shape index (κ3) is 2.15. The Hall–Kier alpha value is -0.830. The first kappa shape index (κ1) is 9.71. The zero-order chi connectivity index (χ0) is 9.97. The largest absolute Gasteiger partial charge is 0.491 e. The van der Waals surface area contributed by atoms with Gasteiger partial charge < -0.3 is 4.74 Å². The van der Waals surface area contributed by atoms with E-state index >= 15 is 0 Å². The summed E-state index contributed by atoms with van der Waals surface area (Å²) < 4.78 is 6.45. The number of aldehydes is 1. The van der Waals surface area contributed by atoms with Crippen LogP contribution >= 0.6 is 15.9 Å². The van der Waals surface area contributed by atoms with Gasteiger partial charge >= 0.3 is 0 Å². The highest BCUT2D eigenvalue weighted by molar-refractivity contribution is 9.10. The summed E-state index contributed by atoms with van der Waals surface area (Å²) in [6.45, 7) is 0.726. The van der Waals surface area contributed by atoms with E-state index in [-0.39, 0.29) is 0 Å². The molecule has 0 atom stereocenters. The third-order valence-electron chi connectivity index (χ3n) is 2.28. The van der Waals surface area contributed by atoms with Crippen LogP contribution in [-0.2, 0) is 0 Å². The highest BCUT2D eigenvalue weighted by Crippen LogP contribution is 2.33. The van der Waals surface area contributed by atoms with Gasteiger partial charge in [-0.1, -0.05) is 6.07 Å². The van der Waals surface area contributed by atoms with Gasteiger partial charge in [0.15, 0.2) is 6.29 Å². The minimum atomic E-state index is 0.611. The van der Waals surface area contributed by atoms with Gasteiger partial charge in [-0.2, -0.15) is 0 Å². The maximum absolute atomic E-state index is 10.7. The SMILES string of the molecule is O=Cc1cccc(Br)c1OCC1CC1. The molecule has 3 heteroatoms. The van der Waals surface area contributed by atoms with Crippen LogP contribution in [0, 0.1) is 5.92 Å². The summed E-state index contributed by atoms with van der Waals surface area (Å²) in [5.74, 6) is 1.37. The van der Waals surface area contributed by atoms with Gasteiger partial charge in [-0.3, -0.25) is 4.79 Å². The molecule has 0 unspecified atom stereocenters. The van der Waals surface area contributed by atoms with Crippen molar-refractivity contribution in [2.75, 3.05) is 6.61 Å². The molecule has 0 saturated heterocycles. The average Bonchev–Trinajstić information content (AvgIpc) is 2.99. The van der Waals surface area contributed by atoms with Crippen molar-refractivity contribution < 1.29 is 9.53 Å². The maximum atomic E-state index is 10.7. The number of halogens is 1. The van der Waals surface area contributed by atoms with Gasteiger partial charge in [0.25, 0.3) is 0 Å². The standard InChI is InChI=1S/C11H11BrO2/c12-10-3-1-2-9(6-13)11(10)14-7-8-4-5-8/h1-3,6,8H,4-5,7H2. The van der Waals surface area contributed by atoms with Crippen LogP contribution in [0.2, 0.25) is 0 Å². The fraction of sp³-hybridized carbons (Fsp3) is 0.364. The summed E-state index contributed by atoms with van der Waals surface area (Å²) >= 11 is 3.37. The van der Waals surface area contributed by atoms with Crippen LogP contribution in [-0.4, -0.2) is 12.9 Å². The fourth-order valence-electron chi connectivity index (χ4n) is 1.26. The lowest BCUT2D eigenvalue weighted by Crippen LogP contribution is -2.02. The number of rotatable bonds is 4. The molecule has 0 bridgehead atoms. The van der Waals surface area contributed by atoms with Crippen molar-refractivity contribution in [3.05, 3.63) is 28.2 Å². The third-order valence-corrected chi connectivity index (χ3v) is 2.91. The minimum Gasteiger partial charge on any atom is -0.491 e. The molecule has 0 N–H and O–H groups in total. The van der Waals surface area contributed by atoms with Crippen molar-refractivity contribution >= 4 is 22.2 Å². The number of carbonyl (C=O) groups excluding carboxylic acids is 1. The van der Waals surface area contributed by atoms with E-state index in [4.69, 9.17) is 4.74 Å². The average molecular weight is 255 g/mol. The highest BCUT2D eigenvalue weighted by atomic mass is 79.9. The summed E-state index contributed by atoms with van der Waals surface area (Å²) in [6.07, 6.45) is 3.33. The first-order chi connectivity index (χ1) is 6.81. The van der Waals surface area contributed by atoms with Gasteiger partial charge in [0.1, 0.15) is 5.75 Å². The molecule has 0 radical (unpaired) electrons. The second-order valence-electron chi connectivity index (χ2n) is 3.53. The topological polar surface area (TPSA) is 26.3 Å². The van der Waals surface area contributed by atoms with Gasteiger partial charge in [-0.25, -0.2) is 0 Å². The van der Waals surface area contributed by atoms with Crippen molar-refractivity contribution in [2.24, 2.45) is 5.92 Å². The molecule has 1 aromatic carbocycles. The first-order valence-corrected chi connectivity index (χ1v) is 5.47. The number of hydrogen-bond acceptors (Lipinski definition) is 2. The normalized spacial score (nSPS) is 15.2. The number of benzene rings is 1. The second-order valence-corrected chi connectivity index (χ2v) is 4.38. The molecule has 0 aliphatic heterocycles. The molecule has 14 heavy (non-hydrogen) atoms. The van der Waals surface area contributed by atoms with Crippen LogP contribution < -0.4 is 4.74 Å². The minimum absolute atomic E-state index is 0.611. The molecule has 0 aromatic heterocycles. The van der Waals surface area contributed by atoms with Gasteiger partial charge in [0.2, 0.25) is 0 Å². The van der Waals surface area contributed by atoms with Crippen LogP contribution in [0.1, 0.15) is 23.2 Å². The number of para-hydroxylation sites is 1. The molecule has 0 amide bonds. The quantitative estimate of drug-likeness (QED) is 0.773. The van der Waals surface area contributed by atoms with Gasteiger partial charge in [-0.05, 0) is 46.8 Å². The summed E-state index contributed by atoms with van der Waals surface area (Å²) in [5.41, 5.74) is 0.611. The number of hydrogen-bond donors (Lipinski definition) is 0. The van der Waals surface area contributed by atoms with Crippen LogP contribution in [0.4, 0.5) is 0 Å². The van der Waals surface area contributed by atoms with Gasteiger partial charge in [-0.15, -0.1) is 0 Å². The van der Waals surface area contributed by atoms with Crippen molar-refractivity contribution in [3.8, 4) is 5.75 Å². The molecule has 1 aliphatic rings. The van der Waals surface area contributed by atoms with Crippen LogP contribution in [0.15, 0.2) is 22.7 Å². The van der Waals surface area contributed by atoms with Crippen molar-refractivity contribution in [3.63, 3.8) is 0 Å². The summed E-state index contributed by atoms with van der Waals surface area (Å²) in [7, 11) is 0. The van der Waals surface area contributed by atoms with Crippen molar-refractivity contribution in [1.82, 2.24) is 0 Å². The molecule has 1 aliphatic carbocycles. The predicted molar refractivity (Wildman–Crippen MR) is 57.7 cm³/mol. The van der Waals surface area contributed by atoms with E-state index in [0.29, 0.717) is 17.2 Å². The Balaban J connectivity index is 2.15. The summed E-state index contributed by atoms with van der Waals surface area (Å²) in [5, 5.41) is 0. The molecule has 2 rings (SSSR count). The van der Waals surface area contributed by atoms with E-state index in [1.807, 2.05) is 12.1 Å². The number of carbonyl (C=O) groups is 1. The molecule has 2 nitrogen and oxygen atoms in total. The highest BCUT2D eigenvalue weighted by Gasteiger charge is 2.22. The molecule has 1 saturated carbocycles. The Morgan fingerprint density at radius 2 is 2.29 bits per heavy atom. The zero-order valence-electron chi connectivity index (χ0n) is 7.70. The molecule has 74 valence electrons. The molecule has 1 fully saturated rings. The maximum Gasteiger partial charge on any atom is 0.153 e. The molecular formula is C11H11BrO2. The zero-order valence-corrected chi connectivity index (χ0v) is 9.29. The lowest BCUT2D eigenvalue weighted by Gasteiger charge is -2.09. The monoisotopic (exact) mass is 254 g/mol. The second kappa shape index (κ2) is 4.13. The summed E-state index contributed by atoms with van der Waals surface area (Å²) in [6, 6.07) is 5.48. The van der Waals surface area contributed by atoms with Crippen LogP contribution in [0.3, 0.4) is 0 Å². The lowest BCUT2D eigenvalue weighted by atomic mass is 10.2. The number of ether oxygens (including phenoxy) is 1. The Kier molecular flexibility index (Phi) is 2.87. The van der Waals surface area contributed by atoms with E-state index < -0.39 is 0 Å². The van der Waals surface area contributed by atoms with Crippen molar-refractivity contribution in [2.45, 2.75) is 12.8 Å². The Bertz CT molecular complexity index is 345. The van der Waals surface area contributed by atoms with Gasteiger partial charge in [0.05, 0.1) is 16.6 Å². The smallest absolute Gasteiger partial charge is 0.153 e. The summed E-state index contributed by atoms with van der Waals surface area (Å²) in [4.78, 5) is 10.7. The molecular weight excluding hydrogens is 244 g/mol. The van der Waals surface area contributed by atoms with E-state index in [2.05, 4.69) is 15.9 Å². The van der Waals surface area contributed by atoms with Crippen LogP contribution in [0.5, 0.6) is 5.75 Å². The molecule has 1 aromatic rings. The Morgan fingerprint density at radius 3 is 2.93 bits per heavy atom. The first-order valence-electron chi connectivity index (χ1n) is 4.67.